The average Bonchev–Trinajstić information content (AvgIpc) is 2.63. The minimum absolute atomic E-state index is 0.413. The van der Waals surface area contributed by atoms with Crippen molar-refractivity contribution in [2.45, 2.75) is 30.7 Å². The van der Waals surface area contributed by atoms with Crippen molar-refractivity contribution in [2.24, 2.45) is 0 Å². The molecule has 3 aliphatic heterocycles. The van der Waals surface area contributed by atoms with Crippen LogP contribution in [0.3, 0.4) is 0 Å². The monoisotopic (exact) mass is 305 g/mol. The number of halogens is 2. The molecule has 2 nitrogen and oxygen atoms in total. The first-order chi connectivity index (χ1) is 6.14. The van der Waals surface area contributed by atoms with Gasteiger partial charge in [-0.05, 0) is 12.8 Å². The molecule has 3 rings (SSSR count). The molecule has 1 N–H and O–H groups in total. The molecule has 0 aromatic heterocycles. The second-order valence-corrected chi connectivity index (χ2v) is 5.53. The first-order valence-electron chi connectivity index (χ1n) is 4.40. The highest BCUT2D eigenvalue weighted by Crippen LogP contribution is 2.53. The van der Waals surface area contributed by atoms with Gasteiger partial charge in [0, 0.05) is 21.0 Å². The van der Waals surface area contributed by atoms with Crippen molar-refractivity contribution >= 4 is 31.9 Å². The van der Waals surface area contributed by atoms with E-state index in [1.165, 1.54) is 0 Å². The van der Waals surface area contributed by atoms with Crippen molar-refractivity contribution < 1.29 is 5.11 Å². The molecular formula is C9H9Br2NO. The molecule has 0 saturated carbocycles. The summed E-state index contributed by atoms with van der Waals surface area (Å²) >= 11 is 6.88. The molecule has 0 amide bonds. The Labute approximate surface area is 93.6 Å². The third kappa shape index (κ3) is 0.856. The molecule has 3 heterocycles. The third-order valence-corrected chi connectivity index (χ3v) is 4.82. The Morgan fingerprint density at radius 2 is 1.69 bits per heavy atom. The van der Waals surface area contributed by atoms with E-state index in [0.717, 1.165) is 21.8 Å². The first kappa shape index (κ1) is 8.65. The summed E-state index contributed by atoms with van der Waals surface area (Å²) in [5.74, 6) is 0. The molecule has 13 heavy (non-hydrogen) atoms. The lowest BCUT2D eigenvalue weighted by molar-refractivity contribution is -0.0180. The predicted molar refractivity (Wildman–Crippen MR) is 57.6 cm³/mol. The Hall–Kier alpha value is 0.360. The number of aliphatic hydroxyl groups is 1. The van der Waals surface area contributed by atoms with E-state index in [9.17, 15) is 5.11 Å². The van der Waals surface area contributed by atoms with Gasteiger partial charge in [0.2, 0.25) is 0 Å². The molecule has 0 aliphatic carbocycles. The van der Waals surface area contributed by atoms with Gasteiger partial charge in [-0.25, -0.2) is 0 Å². The Morgan fingerprint density at radius 1 is 1.23 bits per heavy atom. The summed E-state index contributed by atoms with van der Waals surface area (Å²) in [7, 11) is 0. The SMILES string of the molecule is OC12C(Br)=CC3CCC(C=C1Br)N32. The summed E-state index contributed by atoms with van der Waals surface area (Å²) in [6.45, 7) is 0. The zero-order chi connectivity index (χ0) is 9.22. The average molecular weight is 307 g/mol. The van der Waals surface area contributed by atoms with Gasteiger partial charge in [-0.2, -0.15) is 0 Å². The number of rotatable bonds is 0. The molecule has 0 aromatic rings. The zero-order valence-electron chi connectivity index (χ0n) is 6.87. The topological polar surface area (TPSA) is 23.5 Å². The molecule has 0 radical (unpaired) electrons. The summed E-state index contributed by atoms with van der Waals surface area (Å²) in [6, 6.07) is 0.825. The smallest absolute Gasteiger partial charge is 0.184 e. The molecule has 1 fully saturated rings. The quantitative estimate of drug-likeness (QED) is 0.741. The van der Waals surface area contributed by atoms with E-state index in [2.05, 4.69) is 48.9 Å². The van der Waals surface area contributed by atoms with Gasteiger partial charge in [0.05, 0.1) is 0 Å². The first-order valence-corrected chi connectivity index (χ1v) is 5.99. The summed E-state index contributed by atoms with van der Waals surface area (Å²) < 4.78 is 1.77. The summed E-state index contributed by atoms with van der Waals surface area (Å²) in [6.07, 6.45) is 6.54. The van der Waals surface area contributed by atoms with Crippen LogP contribution in [0.5, 0.6) is 0 Å². The van der Waals surface area contributed by atoms with Crippen LogP contribution in [-0.4, -0.2) is 27.8 Å². The van der Waals surface area contributed by atoms with Crippen molar-refractivity contribution in [2.75, 3.05) is 0 Å². The van der Waals surface area contributed by atoms with Gasteiger partial charge in [0.15, 0.2) is 5.72 Å². The van der Waals surface area contributed by atoms with Gasteiger partial charge >= 0.3 is 0 Å². The second kappa shape index (κ2) is 2.48. The van der Waals surface area contributed by atoms with Crippen LogP contribution in [0.15, 0.2) is 21.1 Å². The molecule has 2 unspecified atom stereocenters. The van der Waals surface area contributed by atoms with Crippen LogP contribution in [0.4, 0.5) is 0 Å². The van der Waals surface area contributed by atoms with Crippen LogP contribution >= 0.6 is 31.9 Å². The standard InChI is InChI=1S/C9H9Br2NO/c10-7-3-5-1-2-6-4-8(11)9(7,13)12(5)6/h3-6,13H,1-2H2. The minimum Gasteiger partial charge on any atom is -0.366 e. The molecular weight excluding hydrogens is 298 g/mol. The molecule has 0 bridgehead atoms. The van der Waals surface area contributed by atoms with Crippen LogP contribution in [-0.2, 0) is 0 Å². The maximum atomic E-state index is 10.4. The lowest BCUT2D eigenvalue weighted by Gasteiger charge is -2.31. The molecule has 1 saturated heterocycles. The lowest BCUT2D eigenvalue weighted by Crippen LogP contribution is -2.45. The Bertz CT molecular complexity index is 309. The lowest BCUT2D eigenvalue weighted by atomic mass is 10.2. The molecule has 70 valence electrons. The molecule has 4 heteroatoms. The Balaban J connectivity index is 2.17. The van der Waals surface area contributed by atoms with Gasteiger partial charge in [-0.15, -0.1) is 0 Å². The molecule has 0 aromatic carbocycles. The van der Waals surface area contributed by atoms with Crippen molar-refractivity contribution in [1.82, 2.24) is 4.90 Å². The van der Waals surface area contributed by atoms with Crippen molar-refractivity contribution in [3.8, 4) is 0 Å². The zero-order valence-corrected chi connectivity index (χ0v) is 10.0. The van der Waals surface area contributed by atoms with E-state index in [4.69, 9.17) is 0 Å². The highest BCUT2D eigenvalue weighted by Gasteiger charge is 2.56. The van der Waals surface area contributed by atoms with Crippen molar-refractivity contribution in [3.05, 3.63) is 21.1 Å². The summed E-state index contributed by atoms with van der Waals surface area (Å²) in [5.41, 5.74) is -0.883. The fraction of sp³-hybridized carbons (Fsp3) is 0.556. The molecule has 0 spiro atoms. The van der Waals surface area contributed by atoms with Gasteiger partial charge in [-0.1, -0.05) is 44.0 Å². The maximum Gasteiger partial charge on any atom is 0.184 e. The molecule has 3 aliphatic rings. The van der Waals surface area contributed by atoms with Crippen LogP contribution in [0.25, 0.3) is 0 Å². The van der Waals surface area contributed by atoms with Gasteiger partial charge in [0.1, 0.15) is 0 Å². The summed E-state index contributed by atoms with van der Waals surface area (Å²) in [5, 5.41) is 10.4. The second-order valence-electron chi connectivity index (χ2n) is 3.82. The highest BCUT2D eigenvalue weighted by atomic mass is 79.9. The largest absolute Gasteiger partial charge is 0.366 e. The Morgan fingerprint density at radius 3 is 2.15 bits per heavy atom. The number of hydrogen-bond acceptors (Lipinski definition) is 2. The van der Waals surface area contributed by atoms with E-state index in [-0.39, 0.29) is 0 Å². The van der Waals surface area contributed by atoms with Gasteiger partial charge in [0.25, 0.3) is 0 Å². The molecule has 2 atom stereocenters. The fourth-order valence-electron chi connectivity index (χ4n) is 2.60. The van der Waals surface area contributed by atoms with E-state index < -0.39 is 5.72 Å². The maximum absolute atomic E-state index is 10.4. The Kier molecular flexibility index (Phi) is 1.65. The van der Waals surface area contributed by atoms with Crippen molar-refractivity contribution in [3.63, 3.8) is 0 Å². The normalized spacial score (nSPS) is 47.9. The number of hydrogen-bond donors (Lipinski definition) is 1. The minimum atomic E-state index is -0.883. The van der Waals surface area contributed by atoms with Crippen LogP contribution in [0, 0.1) is 0 Å². The highest BCUT2D eigenvalue weighted by molar-refractivity contribution is 9.12. The third-order valence-electron chi connectivity index (χ3n) is 3.19. The fourth-order valence-corrected chi connectivity index (χ4v) is 4.32. The van der Waals surface area contributed by atoms with Gasteiger partial charge < -0.3 is 5.11 Å². The van der Waals surface area contributed by atoms with Crippen molar-refractivity contribution in [1.29, 1.82) is 0 Å². The van der Waals surface area contributed by atoms with E-state index in [1.807, 2.05) is 0 Å². The van der Waals surface area contributed by atoms with Crippen LogP contribution < -0.4 is 0 Å². The van der Waals surface area contributed by atoms with E-state index in [1.54, 1.807) is 0 Å². The van der Waals surface area contributed by atoms with E-state index in [0.29, 0.717) is 12.1 Å². The van der Waals surface area contributed by atoms with Crippen LogP contribution in [0.2, 0.25) is 0 Å². The summed E-state index contributed by atoms with van der Waals surface area (Å²) in [4.78, 5) is 2.17. The predicted octanol–water partition coefficient (Wildman–Crippen LogP) is 2.09. The number of nitrogens with zero attached hydrogens (tertiary/aromatic N) is 1. The van der Waals surface area contributed by atoms with Gasteiger partial charge in [-0.3, -0.25) is 4.90 Å². The van der Waals surface area contributed by atoms with Crippen LogP contribution in [0.1, 0.15) is 12.8 Å². The van der Waals surface area contributed by atoms with E-state index >= 15 is 0 Å².